The number of hydrogen-bond donors (Lipinski definition) is 1. The summed E-state index contributed by atoms with van der Waals surface area (Å²) >= 11 is 0. The van der Waals surface area contributed by atoms with Gasteiger partial charge < -0.3 is 10.0 Å². The lowest BCUT2D eigenvalue weighted by molar-refractivity contribution is 0.0218. The van der Waals surface area contributed by atoms with E-state index in [0.29, 0.717) is 0 Å². The van der Waals surface area contributed by atoms with Crippen LogP contribution in [-0.2, 0) is 5.60 Å². The molecule has 1 saturated heterocycles. The number of likely N-dealkylation sites (tertiary alicyclic amines) is 1. The summed E-state index contributed by atoms with van der Waals surface area (Å²) in [5.74, 6) is 0. The summed E-state index contributed by atoms with van der Waals surface area (Å²) in [6.07, 6.45) is 2.79. The average molecular weight is 205 g/mol. The van der Waals surface area contributed by atoms with Crippen molar-refractivity contribution < 1.29 is 5.11 Å². The summed E-state index contributed by atoms with van der Waals surface area (Å²) in [6, 6.07) is 10.1. The van der Waals surface area contributed by atoms with E-state index in [9.17, 15) is 5.11 Å². The van der Waals surface area contributed by atoms with Gasteiger partial charge in [0.15, 0.2) is 0 Å². The van der Waals surface area contributed by atoms with Crippen LogP contribution in [0.3, 0.4) is 0 Å². The second-order valence-corrected chi connectivity index (χ2v) is 4.55. The predicted molar refractivity (Wildman–Crippen MR) is 61.7 cm³/mol. The fourth-order valence-electron chi connectivity index (χ4n) is 2.29. The van der Waals surface area contributed by atoms with Gasteiger partial charge in [-0.15, -0.1) is 0 Å². The first kappa shape index (κ1) is 10.7. The minimum Gasteiger partial charge on any atom is -0.385 e. The van der Waals surface area contributed by atoms with Crippen molar-refractivity contribution in [1.29, 1.82) is 0 Å². The molecule has 1 N–H and O–H groups in total. The molecule has 2 rings (SSSR count). The van der Waals surface area contributed by atoms with E-state index in [1.54, 1.807) is 0 Å². The second-order valence-electron chi connectivity index (χ2n) is 4.55. The lowest BCUT2D eigenvalue weighted by atomic mass is 9.87. The van der Waals surface area contributed by atoms with Gasteiger partial charge in [0.05, 0.1) is 5.60 Å². The second kappa shape index (κ2) is 4.33. The third kappa shape index (κ3) is 2.39. The zero-order valence-corrected chi connectivity index (χ0v) is 9.32. The van der Waals surface area contributed by atoms with Gasteiger partial charge in [0, 0.05) is 6.54 Å². The third-order valence-electron chi connectivity index (χ3n) is 3.35. The number of rotatable bonds is 1. The highest BCUT2D eigenvalue weighted by atomic mass is 16.3. The van der Waals surface area contributed by atoms with Gasteiger partial charge in [0.25, 0.3) is 0 Å². The number of nitrogens with zero attached hydrogens (tertiary/aromatic N) is 1. The van der Waals surface area contributed by atoms with Gasteiger partial charge in [-0.05, 0) is 38.4 Å². The molecule has 15 heavy (non-hydrogen) atoms. The van der Waals surface area contributed by atoms with E-state index in [1.807, 2.05) is 30.3 Å². The van der Waals surface area contributed by atoms with Crippen molar-refractivity contribution >= 4 is 0 Å². The Morgan fingerprint density at radius 1 is 1.13 bits per heavy atom. The highest BCUT2D eigenvalue weighted by Gasteiger charge is 2.30. The van der Waals surface area contributed by atoms with Crippen molar-refractivity contribution in [1.82, 2.24) is 4.90 Å². The molecule has 2 nitrogen and oxygen atoms in total. The molecule has 1 unspecified atom stereocenters. The quantitative estimate of drug-likeness (QED) is 0.758. The van der Waals surface area contributed by atoms with E-state index in [-0.39, 0.29) is 0 Å². The topological polar surface area (TPSA) is 23.5 Å². The van der Waals surface area contributed by atoms with Crippen LogP contribution in [0.2, 0.25) is 0 Å². The minimum absolute atomic E-state index is 0.605. The van der Waals surface area contributed by atoms with Gasteiger partial charge in [-0.3, -0.25) is 0 Å². The van der Waals surface area contributed by atoms with Crippen molar-refractivity contribution in [2.24, 2.45) is 0 Å². The van der Waals surface area contributed by atoms with Gasteiger partial charge in [0.2, 0.25) is 0 Å². The standard InChI is InChI=1S/C13H19NO/c1-14-10-5-8-13(15,9-11-14)12-6-3-2-4-7-12/h2-4,6-7,15H,5,8-11H2,1H3. The SMILES string of the molecule is CN1CCCC(O)(c2ccccc2)CC1. The summed E-state index contributed by atoms with van der Waals surface area (Å²) in [5.41, 5.74) is 0.465. The Balaban J connectivity index is 2.19. The van der Waals surface area contributed by atoms with Crippen molar-refractivity contribution in [3.8, 4) is 0 Å². The van der Waals surface area contributed by atoms with E-state index < -0.39 is 5.60 Å². The molecule has 0 radical (unpaired) electrons. The van der Waals surface area contributed by atoms with E-state index in [1.165, 1.54) is 0 Å². The lowest BCUT2D eigenvalue weighted by Crippen LogP contribution is -2.27. The molecule has 1 aliphatic rings. The number of aliphatic hydroxyl groups is 1. The Morgan fingerprint density at radius 3 is 2.60 bits per heavy atom. The molecule has 2 heteroatoms. The Morgan fingerprint density at radius 2 is 1.87 bits per heavy atom. The number of benzene rings is 1. The largest absolute Gasteiger partial charge is 0.385 e. The lowest BCUT2D eigenvalue weighted by Gasteiger charge is -2.27. The van der Waals surface area contributed by atoms with E-state index in [0.717, 1.165) is 37.9 Å². The molecule has 0 spiro atoms. The molecular formula is C13H19NO. The molecule has 1 aliphatic heterocycles. The Bertz CT molecular complexity index is 312. The summed E-state index contributed by atoms with van der Waals surface area (Å²) in [7, 11) is 2.12. The van der Waals surface area contributed by atoms with Gasteiger partial charge in [-0.2, -0.15) is 0 Å². The molecule has 1 heterocycles. The maximum atomic E-state index is 10.6. The van der Waals surface area contributed by atoms with Crippen LogP contribution in [-0.4, -0.2) is 30.1 Å². The van der Waals surface area contributed by atoms with Gasteiger partial charge >= 0.3 is 0 Å². The molecule has 82 valence electrons. The zero-order chi connectivity index (χ0) is 10.7. The molecule has 1 aromatic rings. The first-order valence-corrected chi connectivity index (χ1v) is 5.67. The van der Waals surface area contributed by atoms with Crippen LogP contribution in [0.5, 0.6) is 0 Å². The molecule has 0 saturated carbocycles. The van der Waals surface area contributed by atoms with Crippen molar-refractivity contribution in [2.45, 2.75) is 24.9 Å². The van der Waals surface area contributed by atoms with E-state index in [2.05, 4.69) is 11.9 Å². The average Bonchev–Trinajstić information content (AvgIpc) is 2.44. The van der Waals surface area contributed by atoms with Gasteiger partial charge in [0.1, 0.15) is 0 Å². The van der Waals surface area contributed by atoms with E-state index in [4.69, 9.17) is 0 Å². The maximum absolute atomic E-state index is 10.6. The molecule has 0 aliphatic carbocycles. The summed E-state index contributed by atoms with van der Waals surface area (Å²) in [4.78, 5) is 2.29. The normalized spacial score (nSPS) is 28.7. The molecule has 1 fully saturated rings. The minimum atomic E-state index is -0.605. The van der Waals surface area contributed by atoms with Crippen LogP contribution in [0.4, 0.5) is 0 Å². The summed E-state index contributed by atoms with van der Waals surface area (Å²) in [6.45, 7) is 2.07. The fourth-order valence-corrected chi connectivity index (χ4v) is 2.29. The van der Waals surface area contributed by atoms with E-state index >= 15 is 0 Å². The molecule has 0 bridgehead atoms. The summed E-state index contributed by atoms with van der Waals surface area (Å²) < 4.78 is 0. The predicted octanol–water partition coefficient (Wildman–Crippen LogP) is 1.99. The monoisotopic (exact) mass is 205 g/mol. The molecule has 0 aromatic heterocycles. The highest BCUT2D eigenvalue weighted by Crippen LogP contribution is 2.32. The smallest absolute Gasteiger partial charge is 0.0909 e. The summed E-state index contributed by atoms with van der Waals surface area (Å²) in [5, 5.41) is 10.6. The maximum Gasteiger partial charge on any atom is 0.0909 e. The van der Waals surface area contributed by atoms with Crippen LogP contribution in [0.15, 0.2) is 30.3 Å². The van der Waals surface area contributed by atoms with Crippen molar-refractivity contribution in [3.63, 3.8) is 0 Å². The molecule has 0 amide bonds. The number of hydrogen-bond acceptors (Lipinski definition) is 2. The highest BCUT2D eigenvalue weighted by molar-refractivity contribution is 5.22. The molecular weight excluding hydrogens is 186 g/mol. The first-order chi connectivity index (χ1) is 7.21. The van der Waals surface area contributed by atoms with Crippen molar-refractivity contribution in [3.05, 3.63) is 35.9 Å². The zero-order valence-electron chi connectivity index (χ0n) is 9.32. The van der Waals surface area contributed by atoms with Gasteiger partial charge in [-0.1, -0.05) is 30.3 Å². The molecule has 1 atom stereocenters. The Hall–Kier alpha value is -0.860. The molecule has 1 aromatic carbocycles. The van der Waals surface area contributed by atoms with Crippen LogP contribution < -0.4 is 0 Å². The first-order valence-electron chi connectivity index (χ1n) is 5.67. The van der Waals surface area contributed by atoms with Crippen molar-refractivity contribution in [2.75, 3.05) is 20.1 Å². The van der Waals surface area contributed by atoms with Crippen LogP contribution >= 0.6 is 0 Å². The van der Waals surface area contributed by atoms with Crippen LogP contribution in [0.1, 0.15) is 24.8 Å². The van der Waals surface area contributed by atoms with Crippen LogP contribution in [0, 0.1) is 0 Å². The van der Waals surface area contributed by atoms with Crippen LogP contribution in [0.25, 0.3) is 0 Å². The van der Waals surface area contributed by atoms with Gasteiger partial charge in [-0.25, -0.2) is 0 Å². The Labute approximate surface area is 91.5 Å². The third-order valence-corrected chi connectivity index (χ3v) is 3.35. The fraction of sp³-hybridized carbons (Fsp3) is 0.538. The Kier molecular flexibility index (Phi) is 3.08.